The van der Waals surface area contributed by atoms with Gasteiger partial charge in [0.05, 0.1) is 7.11 Å². The zero-order valence-corrected chi connectivity index (χ0v) is 14.7. The quantitative estimate of drug-likeness (QED) is 0.699. The van der Waals surface area contributed by atoms with E-state index in [1.807, 2.05) is 53.9 Å². The molecule has 3 aromatic rings. The number of benzene rings is 2. The molecule has 0 saturated heterocycles. The number of nitrogens with one attached hydrogen (secondary N) is 2. The van der Waals surface area contributed by atoms with Crippen LogP contribution in [0, 0.1) is 0 Å². The fourth-order valence-corrected chi connectivity index (χ4v) is 3.10. The van der Waals surface area contributed by atoms with Crippen molar-refractivity contribution in [2.75, 3.05) is 19.0 Å². The largest absolute Gasteiger partial charge is 0.496 e. The number of para-hydroxylation sites is 1. The third-order valence-electron chi connectivity index (χ3n) is 3.69. The molecule has 2 aromatic carbocycles. The highest BCUT2D eigenvalue weighted by molar-refractivity contribution is 7.13. The Balaban J connectivity index is 1.49. The zero-order chi connectivity index (χ0) is 17.5. The van der Waals surface area contributed by atoms with Crippen LogP contribution < -0.4 is 15.4 Å². The van der Waals surface area contributed by atoms with Crippen LogP contribution in [0.1, 0.15) is 5.56 Å². The Morgan fingerprint density at radius 3 is 2.68 bits per heavy atom. The first kappa shape index (κ1) is 17.0. The minimum absolute atomic E-state index is 0.225. The van der Waals surface area contributed by atoms with E-state index in [9.17, 15) is 4.79 Å². The average Bonchev–Trinajstić information content (AvgIpc) is 3.17. The van der Waals surface area contributed by atoms with E-state index in [0.717, 1.165) is 27.6 Å². The first-order chi connectivity index (χ1) is 12.3. The Morgan fingerprint density at radius 2 is 1.96 bits per heavy atom. The number of amides is 2. The van der Waals surface area contributed by atoms with E-state index >= 15 is 0 Å². The normalized spacial score (nSPS) is 10.3. The number of urea groups is 1. The Labute approximate surface area is 150 Å². The summed E-state index contributed by atoms with van der Waals surface area (Å²) < 4.78 is 5.31. The number of methoxy groups -OCH3 is 1. The van der Waals surface area contributed by atoms with E-state index in [2.05, 4.69) is 15.6 Å². The summed E-state index contributed by atoms with van der Waals surface area (Å²) in [5.41, 5.74) is 2.85. The number of rotatable bonds is 6. The highest BCUT2D eigenvalue weighted by Crippen LogP contribution is 2.23. The monoisotopic (exact) mass is 353 g/mol. The number of nitrogens with zero attached hydrogens (tertiary/aromatic N) is 1. The van der Waals surface area contributed by atoms with Crippen LogP contribution in [0.2, 0.25) is 0 Å². The summed E-state index contributed by atoms with van der Waals surface area (Å²) >= 11 is 1.59. The average molecular weight is 353 g/mol. The molecule has 0 spiro atoms. The van der Waals surface area contributed by atoms with Crippen molar-refractivity contribution in [3.05, 3.63) is 65.7 Å². The molecule has 0 bridgehead atoms. The maximum Gasteiger partial charge on any atom is 0.319 e. The highest BCUT2D eigenvalue weighted by Gasteiger charge is 2.05. The second-order valence-corrected chi connectivity index (χ2v) is 6.25. The molecule has 2 N–H and O–H groups in total. The summed E-state index contributed by atoms with van der Waals surface area (Å²) in [5.74, 6) is 0.836. The van der Waals surface area contributed by atoms with Gasteiger partial charge < -0.3 is 15.4 Å². The van der Waals surface area contributed by atoms with Crippen LogP contribution in [0.15, 0.2) is 60.1 Å². The summed E-state index contributed by atoms with van der Waals surface area (Å²) in [5, 5.41) is 8.59. The topological polar surface area (TPSA) is 63.2 Å². The molecular formula is C19H19N3O2S. The predicted octanol–water partition coefficient (Wildman–Crippen LogP) is 4.18. The Morgan fingerprint density at radius 1 is 1.16 bits per heavy atom. The van der Waals surface area contributed by atoms with Gasteiger partial charge >= 0.3 is 6.03 Å². The SMILES string of the molecule is COc1ccccc1CCNC(=O)Nc1ccc(-c2nccs2)cc1. The Kier molecular flexibility index (Phi) is 5.64. The molecule has 3 rings (SSSR count). The molecule has 0 fully saturated rings. The number of anilines is 1. The number of carbonyl (C=O) groups is 1. The standard InChI is InChI=1S/C19H19N3O2S/c1-24-17-5-3-2-4-14(17)10-11-21-19(23)22-16-8-6-15(7-9-16)18-20-12-13-25-18/h2-9,12-13H,10-11H2,1H3,(H2,21,22,23). The van der Waals surface area contributed by atoms with Crippen molar-refractivity contribution in [3.63, 3.8) is 0 Å². The predicted molar refractivity (Wildman–Crippen MR) is 101 cm³/mol. The molecule has 0 saturated carbocycles. The number of carbonyl (C=O) groups excluding carboxylic acids is 1. The summed E-state index contributed by atoms with van der Waals surface area (Å²) in [7, 11) is 1.65. The Bertz CT molecular complexity index is 817. The molecule has 1 heterocycles. The van der Waals surface area contributed by atoms with Gasteiger partial charge in [0.25, 0.3) is 0 Å². The van der Waals surface area contributed by atoms with Crippen molar-refractivity contribution in [1.29, 1.82) is 0 Å². The van der Waals surface area contributed by atoms with Crippen LogP contribution in [-0.4, -0.2) is 24.7 Å². The van der Waals surface area contributed by atoms with E-state index < -0.39 is 0 Å². The number of aromatic nitrogens is 1. The van der Waals surface area contributed by atoms with Gasteiger partial charge in [0, 0.05) is 29.4 Å². The van der Waals surface area contributed by atoms with Crippen molar-refractivity contribution in [3.8, 4) is 16.3 Å². The Hall–Kier alpha value is -2.86. The maximum atomic E-state index is 12.0. The van der Waals surface area contributed by atoms with E-state index in [0.29, 0.717) is 13.0 Å². The van der Waals surface area contributed by atoms with Crippen LogP contribution in [0.5, 0.6) is 5.75 Å². The van der Waals surface area contributed by atoms with Gasteiger partial charge in [0.2, 0.25) is 0 Å². The number of hydrogen-bond acceptors (Lipinski definition) is 4. The molecule has 0 aliphatic heterocycles. The van der Waals surface area contributed by atoms with Crippen molar-refractivity contribution in [1.82, 2.24) is 10.3 Å². The van der Waals surface area contributed by atoms with Crippen LogP contribution in [0.25, 0.3) is 10.6 Å². The first-order valence-corrected chi connectivity index (χ1v) is 8.81. The lowest BCUT2D eigenvalue weighted by molar-refractivity contribution is 0.252. The van der Waals surface area contributed by atoms with E-state index in [-0.39, 0.29) is 6.03 Å². The first-order valence-electron chi connectivity index (χ1n) is 7.93. The van der Waals surface area contributed by atoms with Crippen molar-refractivity contribution in [2.24, 2.45) is 0 Å². The lowest BCUT2D eigenvalue weighted by Gasteiger charge is -2.10. The smallest absolute Gasteiger partial charge is 0.319 e. The highest BCUT2D eigenvalue weighted by atomic mass is 32.1. The second kappa shape index (κ2) is 8.30. The molecule has 5 nitrogen and oxygen atoms in total. The molecule has 0 aliphatic carbocycles. The molecule has 0 radical (unpaired) electrons. The van der Waals surface area contributed by atoms with Gasteiger partial charge in [-0.1, -0.05) is 18.2 Å². The lowest BCUT2D eigenvalue weighted by Crippen LogP contribution is -2.30. The zero-order valence-electron chi connectivity index (χ0n) is 13.9. The van der Waals surface area contributed by atoms with Crippen LogP contribution in [-0.2, 0) is 6.42 Å². The molecule has 25 heavy (non-hydrogen) atoms. The van der Waals surface area contributed by atoms with E-state index in [1.165, 1.54) is 0 Å². The molecule has 1 aromatic heterocycles. The molecule has 0 unspecified atom stereocenters. The molecule has 0 aliphatic rings. The van der Waals surface area contributed by atoms with Gasteiger partial charge in [0.15, 0.2) is 0 Å². The summed E-state index contributed by atoms with van der Waals surface area (Å²) in [4.78, 5) is 16.3. The molecular weight excluding hydrogens is 334 g/mol. The number of ether oxygens (including phenoxy) is 1. The van der Waals surface area contributed by atoms with Crippen LogP contribution in [0.3, 0.4) is 0 Å². The summed E-state index contributed by atoms with van der Waals surface area (Å²) in [6, 6.07) is 15.2. The van der Waals surface area contributed by atoms with Crippen molar-refractivity contribution in [2.45, 2.75) is 6.42 Å². The molecule has 2 amide bonds. The van der Waals surface area contributed by atoms with Gasteiger partial charge in [-0.15, -0.1) is 11.3 Å². The number of thiazole rings is 1. The molecule has 128 valence electrons. The summed E-state index contributed by atoms with van der Waals surface area (Å²) in [6.07, 6.45) is 2.49. The number of hydrogen-bond donors (Lipinski definition) is 2. The van der Waals surface area contributed by atoms with Crippen molar-refractivity contribution < 1.29 is 9.53 Å². The van der Waals surface area contributed by atoms with E-state index in [4.69, 9.17) is 4.74 Å². The fraction of sp³-hybridized carbons (Fsp3) is 0.158. The third-order valence-corrected chi connectivity index (χ3v) is 4.52. The summed E-state index contributed by atoms with van der Waals surface area (Å²) in [6.45, 7) is 0.531. The molecule has 6 heteroatoms. The third kappa shape index (κ3) is 4.58. The lowest BCUT2D eigenvalue weighted by atomic mass is 10.1. The van der Waals surface area contributed by atoms with E-state index in [1.54, 1.807) is 24.6 Å². The van der Waals surface area contributed by atoms with Gasteiger partial charge in [-0.05, 0) is 42.3 Å². The van der Waals surface area contributed by atoms with Gasteiger partial charge in [-0.25, -0.2) is 9.78 Å². The second-order valence-electron chi connectivity index (χ2n) is 5.36. The van der Waals surface area contributed by atoms with Crippen LogP contribution in [0.4, 0.5) is 10.5 Å². The molecule has 0 atom stereocenters. The van der Waals surface area contributed by atoms with Gasteiger partial charge in [-0.3, -0.25) is 0 Å². The van der Waals surface area contributed by atoms with Gasteiger partial charge in [0.1, 0.15) is 10.8 Å². The van der Waals surface area contributed by atoms with Crippen molar-refractivity contribution >= 4 is 23.1 Å². The maximum absolute atomic E-state index is 12.0. The minimum atomic E-state index is -0.225. The van der Waals surface area contributed by atoms with Gasteiger partial charge in [-0.2, -0.15) is 0 Å². The van der Waals surface area contributed by atoms with Crippen LogP contribution >= 0.6 is 11.3 Å². The fourth-order valence-electron chi connectivity index (χ4n) is 2.46. The minimum Gasteiger partial charge on any atom is -0.496 e.